The molecule has 5 heteroatoms. The van der Waals surface area contributed by atoms with Gasteiger partial charge in [0.1, 0.15) is 5.52 Å². The Kier molecular flexibility index (Phi) is 2.72. The summed E-state index contributed by atoms with van der Waals surface area (Å²) in [5.74, 6) is -0.744. The zero-order valence-corrected chi connectivity index (χ0v) is 10.4. The van der Waals surface area contributed by atoms with Gasteiger partial charge in [0.05, 0.1) is 11.1 Å². The fourth-order valence-corrected chi connectivity index (χ4v) is 2.03. The van der Waals surface area contributed by atoms with Gasteiger partial charge in [-0.05, 0) is 24.3 Å². The van der Waals surface area contributed by atoms with E-state index in [2.05, 4.69) is 4.98 Å². The van der Waals surface area contributed by atoms with Crippen LogP contribution in [0.5, 0.6) is 0 Å². The molecule has 1 heterocycles. The van der Waals surface area contributed by atoms with Gasteiger partial charge in [-0.25, -0.2) is 9.78 Å². The molecule has 3 aromatic rings. The number of benzene rings is 2. The van der Waals surface area contributed by atoms with Gasteiger partial charge in [-0.3, -0.25) is 0 Å². The first-order valence-electron chi connectivity index (χ1n) is 5.54. The summed E-state index contributed by atoms with van der Waals surface area (Å²) in [4.78, 5) is 15.5. The van der Waals surface area contributed by atoms with Crippen LogP contribution in [0.2, 0.25) is 5.02 Å². The summed E-state index contributed by atoms with van der Waals surface area (Å²) in [5.41, 5.74) is 1.77. The van der Waals surface area contributed by atoms with E-state index in [0.29, 0.717) is 21.7 Å². The number of hydrogen-bond acceptors (Lipinski definition) is 3. The van der Waals surface area contributed by atoms with Crippen LogP contribution in [-0.2, 0) is 0 Å². The maximum absolute atomic E-state index is 11.2. The number of carboxylic acid groups (broad SMARTS) is 1. The maximum atomic E-state index is 11.2. The van der Waals surface area contributed by atoms with Gasteiger partial charge >= 0.3 is 5.97 Å². The van der Waals surface area contributed by atoms with E-state index in [9.17, 15) is 4.79 Å². The Bertz CT molecular complexity index is 779. The molecule has 0 atom stereocenters. The highest BCUT2D eigenvalue weighted by Gasteiger charge is 2.16. The van der Waals surface area contributed by atoms with E-state index in [-0.39, 0.29) is 11.5 Å². The van der Waals surface area contributed by atoms with E-state index in [1.54, 1.807) is 36.4 Å². The van der Waals surface area contributed by atoms with Crippen molar-refractivity contribution in [3.05, 3.63) is 53.1 Å². The molecule has 0 spiro atoms. The molecule has 3 rings (SSSR count). The number of nitrogens with zero attached hydrogens (tertiary/aromatic N) is 1. The van der Waals surface area contributed by atoms with Gasteiger partial charge in [0, 0.05) is 11.1 Å². The van der Waals surface area contributed by atoms with Crippen molar-refractivity contribution in [1.82, 2.24) is 4.98 Å². The summed E-state index contributed by atoms with van der Waals surface area (Å²) in [6.45, 7) is 0. The zero-order chi connectivity index (χ0) is 13.4. The average molecular weight is 274 g/mol. The molecule has 0 saturated heterocycles. The Morgan fingerprint density at radius 1 is 1.21 bits per heavy atom. The van der Waals surface area contributed by atoms with Crippen LogP contribution in [0, 0.1) is 0 Å². The third-order valence-corrected chi connectivity index (χ3v) is 2.97. The molecule has 2 aromatic carbocycles. The zero-order valence-electron chi connectivity index (χ0n) is 9.63. The van der Waals surface area contributed by atoms with Crippen LogP contribution in [-0.4, -0.2) is 16.1 Å². The normalized spacial score (nSPS) is 10.8. The first-order valence-corrected chi connectivity index (χ1v) is 5.92. The fourth-order valence-electron chi connectivity index (χ4n) is 1.87. The minimum absolute atomic E-state index is 0.153. The first-order chi connectivity index (χ1) is 9.15. The van der Waals surface area contributed by atoms with Crippen LogP contribution in [0.1, 0.15) is 10.4 Å². The van der Waals surface area contributed by atoms with Gasteiger partial charge in [-0.15, -0.1) is 0 Å². The van der Waals surface area contributed by atoms with E-state index in [4.69, 9.17) is 21.1 Å². The Hall–Kier alpha value is -2.33. The number of fused-ring (bicyclic) bond motifs is 1. The molecular weight excluding hydrogens is 266 g/mol. The third kappa shape index (κ3) is 2.06. The highest BCUT2D eigenvalue weighted by molar-refractivity contribution is 6.31. The standard InChI is InChI=1S/C14H8ClNO3/c15-8-5-6-11-12(7-8)19-13(16-11)9-3-1-2-4-10(9)14(17)18/h1-7H,(H,17,18). The quantitative estimate of drug-likeness (QED) is 0.770. The molecular formula is C14H8ClNO3. The second-order valence-electron chi connectivity index (χ2n) is 3.98. The number of hydrogen-bond donors (Lipinski definition) is 1. The van der Waals surface area contributed by atoms with Gasteiger partial charge in [0.2, 0.25) is 5.89 Å². The van der Waals surface area contributed by atoms with E-state index in [1.807, 2.05) is 0 Å². The molecule has 1 N–H and O–H groups in total. The number of aromatic carboxylic acids is 1. The molecule has 0 fully saturated rings. The summed E-state index contributed by atoms with van der Waals surface area (Å²) in [6.07, 6.45) is 0. The SMILES string of the molecule is O=C(O)c1ccccc1-c1nc2ccc(Cl)cc2o1. The topological polar surface area (TPSA) is 63.3 Å². The van der Waals surface area contributed by atoms with Crippen molar-refractivity contribution in [3.63, 3.8) is 0 Å². The molecule has 0 amide bonds. The molecule has 0 radical (unpaired) electrons. The molecule has 0 saturated carbocycles. The second-order valence-corrected chi connectivity index (χ2v) is 4.42. The third-order valence-electron chi connectivity index (χ3n) is 2.74. The number of halogens is 1. The molecule has 4 nitrogen and oxygen atoms in total. The van der Waals surface area contributed by atoms with Crippen molar-refractivity contribution in [2.75, 3.05) is 0 Å². The lowest BCUT2D eigenvalue weighted by molar-refractivity contribution is 0.0697. The van der Waals surface area contributed by atoms with Gasteiger partial charge in [-0.2, -0.15) is 0 Å². The molecule has 19 heavy (non-hydrogen) atoms. The van der Waals surface area contributed by atoms with Gasteiger partial charge in [0.15, 0.2) is 5.58 Å². The minimum Gasteiger partial charge on any atom is -0.478 e. The second kappa shape index (κ2) is 4.40. The van der Waals surface area contributed by atoms with Crippen molar-refractivity contribution < 1.29 is 14.3 Å². The van der Waals surface area contributed by atoms with E-state index >= 15 is 0 Å². The van der Waals surface area contributed by atoms with Crippen molar-refractivity contribution >= 4 is 28.7 Å². The van der Waals surface area contributed by atoms with E-state index < -0.39 is 5.97 Å². The minimum atomic E-state index is -1.02. The van der Waals surface area contributed by atoms with Crippen LogP contribution in [0.25, 0.3) is 22.6 Å². The number of carboxylic acids is 1. The van der Waals surface area contributed by atoms with Crippen LogP contribution in [0.15, 0.2) is 46.9 Å². The van der Waals surface area contributed by atoms with Gasteiger partial charge < -0.3 is 9.52 Å². The van der Waals surface area contributed by atoms with E-state index in [0.717, 1.165) is 0 Å². The number of rotatable bonds is 2. The molecule has 0 unspecified atom stereocenters. The highest BCUT2D eigenvalue weighted by atomic mass is 35.5. The van der Waals surface area contributed by atoms with E-state index in [1.165, 1.54) is 6.07 Å². The number of aromatic nitrogens is 1. The van der Waals surface area contributed by atoms with Crippen LogP contribution in [0.3, 0.4) is 0 Å². The Labute approximate surface area is 113 Å². The number of oxazole rings is 1. The van der Waals surface area contributed by atoms with Gasteiger partial charge in [-0.1, -0.05) is 23.7 Å². The van der Waals surface area contributed by atoms with Crippen LogP contribution >= 0.6 is 11.6 Å². The first kappa shape index (κ1) is 11.7. The lowest BCUT2D eigenvalue weighted by atomic mass is 10.1. The van der Waals surface area contributed by atoms with Crippen molar-refractivity contribution in [3.8, 4) is 11.5 Å². The Balaban J connectivity index is 2.22. The summed E-state index contributed by atoms with van der Waals surface area (Å²) < 4.78 is 5.57. The van der Waals surface area contributed by atoms with Crippen molar-refractivity contribution in [1.29, 1.82) is 0 Å². The fraction of sp³-hybridized carbons (Fsp3) is 0. The highest BCUT2D eigenvalue weighted by Crippen LogP contribution is 2.28. The number of carbonyl (C=O) groups is 1. The molecule has 0 aliphatic rings. The molecule has 1 aromatic heterocycles. The predicted octanol–water partition coefficient (Wildman–Crippen LogP) is 3.85. The smallest absolute Gasteiger partial charge is 0.336 e. The van der Waals surface area contributed by atoms with Crippen molar-refractivity contribution in [2.45, 2.75) is 0 Å². The lowest BCUT2D eigenvalue weighted by Crippen LogP contribution is -1.98. The van der Waals surface area contributed by atoms with Gasteiger partial charge in [0.25, 0.3) is 0 Å². The van der Waals surface area contributed by atoms with Crippen LogP contribution in [0.4, 0.5) is 0 Å². The Morgan fingerprint density at radius 3 is 2.79 bits per heavy atom. The van der Waals surface area contributed by atoms with Crippen molar-refractivity contribution in [2.24, 2.45) is 0 Å². The maximum Gasteiger partial charge on any atom is 0.336 e. The monoisotopic (exact) mass is 273 g/mol. The summed E-state index contributed by atoms with van der Waals surface area (Å²) in [7, 11) is 0. The summed E-state index contributed by atoms with van der Waals surface area (Å²) in [5, 5.41) is 9.70. The molecule has 0 bridgehead atoms. The Morgan fingerprint density at radius 2 is 2.00 bits per heavy atom. The van der Waals surface area contributed by atoms with Crippen LogP contribution < -0.4 is 0 Å². The predicted molar refractivity (Wildman–Crippen MR) is 71.4 cm³/mol. The molecule has 0 aliphatic heterocycles. The average Bonchev–Trinajstić information content (AvgIpc) is 2.81. The summed E-state index contributed by atoms with van der Waals surface area (Å²) in [6, 6.07) is 11.7. The lowest BCUT2D eigenvalue weighted by Gasteiger charge is -2.00. The summed E-state index contributed by atoms with van der Waals surface area (Å²) >= 11 is 5.87. The molecule has 94 valence electrons. The largest absolute Gasteiger partial charge is 0.478 e. The molecule has 0 aliphatic carbocycles.